The molecule has 1 amide bonds. The third kappa shape index (κ3) is 6.21. The Balaban J connectivity index is 0.00000288. The Kier molecular flexibility index (Phi) is 8.93. The van der Waals surface area contributed by atoms with Crippen LogP contribution >= 0.6 is 12.4 Å². The smallest absolute Gasteiger partial charge is 0.222 e. The second-order valence-electron chi connectivity index (χ2n) is 6.20. The highest BCUT2D eigenvalue weighted by Crippen LogP contribution is 2.24. The number of nitrogens with zero attached hydrogens (tertiary/aromatic N) is 1. The summed E-state index contributed by atoms with van der Waals surface area (Å²) in [4.78, 5) is 14.1. The molecule has 0 aliphatic carbocycles. The predicted molar refractivity (Wildman–Crippen MR) is 98.1 cm³/mol. The Labute approximate surface area is 151 Å². The number of nitrogens with one attached hydrogen (secondary N) is 1. The standard InChI is InChI=1S/C18H28N2O3.ClH/c1-20(18(21)5-4-14-6-8-19-9-7-14)13-15-10-16(22-2)12-17(11-15)23-3;/h10-12,14,19H,4-9,13H2,1-3H3;1H. The molecule has 136 valence electrons. The molecule has 24 heavy (non-hydrogen) atoms. The average molecular weight is 357 g/mol. The number of rotatable bonds is 7. The van der Waals surface area contributed by atoms with Gasteiger partial charge in [-0.3, -0.25) is 4.79 Å². The van der Waals surface area contributed by atoms with E-state index in [0.717, 1.165) is 36.6 Å². The Morgan fingerprint density at radius 1 is 1.17 bits per heavy atom. The maximum Gasteiger partial charge on any atom is 0.222 e. The fraction of sp³-hybridized carbons (Fsp3) is 0.611. The highest BCUT2D eigenvalue weighted by Gasteiger charge is 2.16. The summed E-state index contributed by atoms with van der Waals surface area (Å²) in [5.74, 6) is 2.38. The lowest BCUT2D eigenvalue weighted by molar-refractivity contribution is -0.130. The summed E-state index contributed by atoms with van der Waals surface area (Å²) < 4.78 is 10.6. The van der Waals surface area contributed by atoms with Gasteiger partial charge in [0, 0.05) is 26.1 Å². The minimum atomic E-state index is 0. The Bertz CT molecular complexity index is 497. The number of benzene rings is 1. The van der Waals surface area contributed by atoms with Crippen LogP contribution in [0.1, 0.15) is 31.2 Å². The quantitative estimate of drug-likeness (QED) is 0.816. The molecule has 5 nitrogen and oxygen atoms in total. The first-order valence-electron chi connectivity index (χ1n) is 8.29. The summed E-state index contributed by atoms with van der Waals surface area (Å²) in [6.45, 7) is 2.73. The summed E-state index contributed by atoms with van der Waals surface area (Å²) in [6.07, 6.45) is 3.99. The third-order valence-corrected chi connectivity index (χ3v) is 4.48. The lowest BCUT2D eigenvalue weighted by Crippen LogP contribution is -2.30. The van der Waals surface area contributed by atoms with Gasteiger partial charge < -0.3 is 19.7 Å². The normalized spacial score (nSPS) is 14.6. The summed E-state index contributed by atoms with van der Waals surface area (Å²) >= 11 is 0. The number of halogens is 1. The minimum Gasteiger partial charge on any atom is -0.497 e. The molecule has 0 bridgehead atoms. The van der Waals surface area contributed by atoms with Crippen molar-refractivity contribution in [3.63, 3.8) is 0 Å². The zero-order valence-electron chi connectivity index (χ0n) is 14.8. The van der Waals surface area contributed by atoms with Crippen LogP contribution in [0.3, 0.4) is 0 Å². The van der Waals surface area contributed by atoms with Gasteiger partial charge in [-0.2, -0.15) is 0 Å². The molecule has 0 spiro atoms. The topological polar surface area (TPSA) is 50.8 Å². The predicted octanol–water partition coefficient (Wildman–Crippen LogP) is 2.86. The Morgan fingerprint density at radius 2 is 1.75 bits per heavy atom. The van der Waals surface area contributed by atoms with Crippen LogP contribution in [0.2, 0.25) is 0 Å². The minimum absolute atomic E-state index is 0. The molecule has 2 rings (SSSR count). The van der Waals surface area contributed by atoms with E-state index in [0.29, 0.717) is 18.9 Å². The molecule has 0 aromatic heterocycles. The van der Waals surface area contributed by atoms with Crippen molar-refractivity contribution in [2.45, 2.75) is 32.2 Å². The van der Waals surface area contributed by atoms with E-state index >= 15 is 0 Å². The monoisotopic (exact) mass is 356 g/mol. The van der Waals surface area contributed by atoms with Gasteiger partial charge in [0.1, 0.15) is 11.5 Å². The fourth-order valence-corrected chi connectivity index (χ4v) is 3.01. The van der Waals surface area contributed by atoms with Crippen molar-refractivity contribution in [2.24, 2.45) is 5.92 Å². The highest BCUT2D eigenvalue weighted by atomic mass is 35.5. The summed E-state index contributed by atoms with van der Waals surface area (Å²) in [5, 5.41) is 3.36. The molecule has 6 heteroatoms. The maximum atomic E-state index is 12.3. The van der Waals surface area contributed by atoms with Crippen molar-refractivity contribution >= 4 is 18.3 Å². The first-order chi connectivity index (χ1) is 11.1. The van der Waals surface area contributed by atoms with E-state index in [1.807, 2.05) is 25.2 Å². The molecule has 0 atom stereocenters. The van der Waals surface area contributed by atoms with Crippen molar-refractivity contribution in [1.29, 1.82) is 0 Å². The number of hydrogen-bond acceptors (Lipinski definition) is 4. The summed E-state index contributed by atoms with van der Waals surface area (Å²) in [6, 6.07) is 5.72. The molecule has 1 aliphatic heterocycles. The lowest BCUT2D eigenvalue weighted by atomic mass is 9.93. The first-order valence-corrected chi connectivity index (χ1v) is 8.29. The molecular weight excluding hydrogens is 328 g/mol. The Hall–Kier alpha value is -1.46. The molecule has 0 saturated carbocycles. The molecular formula is C18H29ClN2O3. The van der Waals surface area contributed by atoms with Gasteiger partial charge >= 0.3 is 0 Å². The number of carbonyl (C=O) groups excluding carboxylic acids is 1. The molecule has 0 unspecified atom stereocenters. The average Bonchev–Trinajstić information content (AvgIpc) is 2.60. The maximum absolute atomic E-state index is 12.3. The second-order valence-corrected chi connectivity index (χ2v) is 6.20. The number of piperidine rings is 1. The van der Waals surface area contributed by atoms with E-state index in [2.05, 4.69) is 5.32 Å². The van der Waals surface area contributed by atoms with Crippen LogP contribution in [0.5, 0.6) is 11.5 Å². The van der Waals surface area contributed by atoms with Gasteiger partial charge in [-0.05, 0) is 56.0 Å². The Morgan fingerprint density at radius 3 is 2.29 bits per heavy atom. The van der Waals surface area contributed by atoms with Gasteiger partial charge in [-0.1, -0.05) is 0 Å². The number of ether oxygens (including phenoxy) is 2. The van der Waals surface area contributed by atoms with Crippen molar-refractivity contribution in [2.75, 3.05) is 34.4 Å². The largest absolute Gasteiger partial charge is 0.497 e. The van der Waals surface area contributed by atoms with Crippen LogP contribution in [0.25, 0.3) is 0 Å². The van der Waals surface area contributed by atoms with Gasteiger partial charge in [-0.25, -0.2) is 0 Å². The van der Waals surface area contributed by atoms with E-state index < -0.39 is 0 Å². The molecule has 1 aromatic carbocycles. The zero-order valence-corrected chi connectivity index (χ0v) is 15.7. The van der Waals surface area contributed by atoms with Crippen LogP contribution in [0.15, 0.2) is 18.2 Å². The fourth-order valence-electron chi connectivity index (χ4n) is 3.01. The molecule has 1 aromatic rings. The lowest BCUT2D eigenvalue weighted by Gasteiger charge is -2.24. The van der Waals surface area contributed by atoms with Crippen LogP contribution < -0.4 is 14.8 Å². The molecule has 1 saturated heterocycles. The van der Waals surface area contributed by atoms with Gasteiger partial charge in [0.25, 0.3) is 0 Å². The van der Waals surface area contributed by atoms with E-state index in [1.165, 1.54) is 12.8 Å². The summed E-state index contributed by atoms with van der Waals surface area (Å²) in [5.41, 5.74) is 1.01. The van der Waals surface area contributed by atoms with E-state index in [1.54, 1.807) is 19.1 Å². The second kappa shape index (κ2) is 10.4. The first kappa shape index (κ1) is 20.6. The zero-order chi connectivity index (χ0) is 16.7. The summed E-state index contributed by atoms with van der Waals surface area (Å²) in [7, 11) is 5.12. The SMILES string of the molecule is COc1cc(CN(C)C(=O)CCC2CCNCC2)cc(OC)c1.Cl. The van der Waals surface area contributed by atoms with Gasteiger partial charge in [-0.15, -0.1) is 12.4 Å². The van der Waals surface area contributed by atoms with Gasteiger partial charge in [0.15, 0.2) is 0 Å². The molecule has 0 radical (unpaired) electrons. The van der Waals surface area contributed by atoms with Crippen LogP contribution in [-0.4, -0.2) is 45.2 Å². The van der Waals surface area contributed by atoms with Gasteiger partial charge in [0.05, 0.1) is 14.2 Å². The third-order valence-electron chi connectivity index (χ3n) is 4.48. The molecule has 1 N–H and O–H groups in total. The van der Waals surface area contributed by atoms with E-state index in [-0.39, 0.29) is 18.3 Å². The van der Waals surface area contributed by atoms with Crippen LogP contribution in [0.4, 0.5) is 0 Å². The van der Waals surface area contributed by atoms with Crippen molar-refractivity contribution < 1.29 is 14.3 Å². The number of carbonyl (C=O) groups is 1. The number of hydrogen-bond donors (Lipinski definition) is 1. The van der Waals surface area contributed by atoms with Gasteiger partial charge in [0.2, 0.25) is 5.91 Å². The van der Waals surface area contributed by atoms with Crippen molar-refractivity contribution in [3.8, 4) is 11.5 Å². The van der Waals surface area contributed by atoms with Crippen LogP contribution in [-0.2, 0) is 11.3 Å². The van der Waals surface area contributed by atoms with Crippen LogP contribution in [0, 0.1) is 5.92 Å². The number of methoxy groups -OCH3 is 2. The highest BCUT2D eigenvalue weighted by molar-refractivity contribution is 5.85. The number of amides is 1. The van der Waals surface area contributed by atoms with E-state index in [4.69, 9.17) is 9.47 Å². The molecule has 1 aliphatic rings. The van der Waals surface area contributed by atoms with Crippen molar-refractivity contribution in [3.05, 3.63) is 23.8 Å². The molecule has 1 fully saturated rings. The van der Waals surface area contributed by atoms with E-state index in [9.17, 15) is 4.79 Å². The molecule has 1 heterocycles. The van der Waals surface area contributed by atoms with Crippen molar-refractivity contribution in [1.82, 2.24) is 10.2 Å².